The van der Waals surface area contributed by atoms with Gasteiger partial charge in [0.25, 0.3) is 0 Å². The molecule has 88 valence electrons. The Morgan fingerprint density at radius 1 is 1.38 bits per heavy atom. The van der Waals surface area contributed by atoms with Crippen molar-refractivity contribution >= 4 is 5.97 Å². The van der Waals surface area contributed by atoms with Crippen LogP contribution in [0.1, 0.15) is 26.7 Å². The maximum absolute atomic E-state index is 11.3. The van der Waals surface area contributed by atoms with Crippen LogP contribution in [0.2, 0.25) is 0 Å². The molecule has 0 aromatic heterocycles. The lowest BCUT2D eigenvalue weighted by molar-refractivity contribution is -0.134. The second-order valence-corrected chi connectivity index (χ2v) is 3.26. The van der Waals surface area contributed by atoms with E-state index in [0.717, 1.165) is 0 Å². The number of phenolic OH excluding ortho intramolecular Hbond substituents is 1. The van der Waals surface area contributed by atoms with E-state index < -0.39 is 0 Å². The van der Waals surface area contributed by atoms with Crippen LogP contribution in [0.4, 0.5) is 0 Å². The second-order valence-electron chi connectivity index (χ2n) is 3.26. The van der Waals surface area contributed by atoms with Crippen LogP contribution in [0.3, 0.4) is 0 Å². The number of ether oxygens (including phenoxy) is 2. The zero-order valence-electron chi connectivity index (χ0n) is 9.53. The first-order chi connectivity index (χ1) is 7.69. The molecular formula is C12H16O4. The lowest BCUT2D eigenvalue weighted by Crippen LogP contribution is -2.08. The van der Waals surface area contributed by atoms with Gasteiger partial charge in [-0.1, -0.05) is 13.0 Å². The Morgan fingerprint density at radius 3 is 2.75 bits per heavy atom. The number of carbonyl (C=O) groups excluding carboxylic acids is 1. The highest BCUT2D eigenvalue weighted by atomic mass is 16.6. The molecule has 0 saturated heterocycles. The highest BCUT2D eigenvalue weighted by Gasteiger charge is 2.13. The highest BCUT2D eigenvalue weighted by Crippen LogP contribution is 2.36. The topological polar surface area (TPSA) is 55.8 Å². The standard InChI is InChI=1S/C12H16O4/c1-3-6-11(14)16-12-9(13)7-5-8-10(12)15-4-2/h5,7-8,13H,3-4,6H2,1-2H3. The van der Waals surface area contributed by atoms with Crippen LogP contribution in [0.15, 0.2) is 18.2 Å². The maximum atomic E-state index is 11.3. The van der Waals surface area contributed by atoms with E-state index in [-0.39, 0.29) is 17.5 Å². The van der Waals surface area contributed by atoms with Crippen molar-refractivity contribution in [3.05, 3.63) is 18.2 Å². The Morgan fingerprint density at radius 2 is 2.12 bits per heavy atom. The summed E-state index contributed by atoms with van der Waals surface area (Å²) in [6, 6.07) is 4.74. The molecule has 1 N–H and O–H groups in total. The average Bonchev–Trinajstić information content (AvgIpc) is 2.24. The summed E-state index contributed by atoms with van der Waals surface area (Å²) in [5.41, 5.74) is 0. The van der Waals surface area contributed by atoms with Gasteiger partial charge < -0.3 is 14.6 Å². The number of hydrogen-bond donors (Lipinski definition) is 1. The Bertz CT molecular complexity index is 360. The van der Waals surface area contributed by atoms with E-state index in [1.54, 1.807) is 12.1 Å². The summed E-state index contributed by atoms with van der Waals surface area (Å²) in [7, 11) is 0. The molecule has 0 fully saturated rings. The molecule has 4 nitrogen and oxygen atoms in total. The molecule has 4 heteroatoms. The number of carbonyl (C=O) groups is 1. The summed E-state index contributed by atoms with van der Waals surface area (Å²) in [6.07, 6.45) is 1.02. The van der Waals surface area contributed by atoms with Crippen LogP contribution >= 0.6 is 0 Å². The molecule has 0 radical (unpaired) electrons. The molecule has 1 aromatic rings. The van der Waals surface area contributed by atoms with E-state index in [2.05, 4.69) is 0 Å². The van der Waals surface area contributed by atoms with Gasteiger partial charge >= 0.3 is 5.97 Å². The largest absolute Gasteiger partial charge is 0.504 e. The van der Waals surface area contributed by atoms with Crippen molar-refractivity contribution in [2.24, 2.45) is 0 Å². The number of rotatable bonds is 5. The summed E-state index contributed by atoms with van der Waals surface area (Å²) in [5.74, 6) is 0.0232. The third-order valence-corrected chi connectivity index (χ3v) is 1.93. The highest BCUT2D eigenvalue weighted by molar-refractivity contribution is 5.74. The van der Waals surface area contributed by atoms with E-state index in [1.807, 2.05) is 13.8 Å². The van der Waals surface area contributed by atoms with Gasteiger partial charge in [0.1, 0.15) is 0 Å². The van der Waals surface area contributed by atoms with Gasteiger partial charge in [0, 0.05) is 6.42 Å². The number of esters is 1. The van der Waals surface area contributed by atoms with E-state index in [9.17, 15) is 9.90 Å². The van der Waals surface area contributed by atoms with E-state index >= 15 is 0 Å². The molecule has 0 heterocycles. The van der Waals surface area contributed by atoms with Gasteiger partial charge in [-0.25, -0.2) is 0 Å². The molecule has 0 aliphatic rings. The summed E-state index contributed by atoms with van der Waals surface area (Å²) in [4.78, 5) is 11.3. The Hall–Kier alpha value is -1.71. The second kappa shape index (κ2) is 6.00. The van der Waals surface area contributed by atoms with Gasteiger partial charge in [0.05, 0.1) is 6.61 Å². The first-order valence-corrected chi connectivity index (χ1v) is 5.34. The molecule has 0 unspecified atom stereocenters. The summed E-state index contributed by atoms with van der Waals surface area (Å²) in [6.45, 7) is 4.15. The van der Waals surface area contributed by atoms with Crippen molar-refractivity contribution in [1.29, 1.82) is 0 Å². The number of phenols is 1. The van der Waals surface area contributed by atoms with Gasteiger partial charge in [0.2, 0.25) is 5.75 Å². The smallest absolute Gasteiger partial charge is 0.311 e. The SMILES string of the molecule is CCCC(=O)Oc1c(O)cccc1OCC. The minimum absolute atomic E-state index is 0.0876. The van der Waals surface area contributed by atoms with Crippen LogP contribution in [-0.4, -0.2) is 17.7 Å². The number of hydrogen-bond acceptors (Lipinski definition) is 4. The number of para-hydroxylation sites is 1. The number of aromatic hydroxyl groups is 1. The lowest BCUT2D eigenvalue weighted by atomic mass is 10.3. The van der Waals surface area contributed by atoms with Crippen molar-refractivity contribution in [3.63, 3.8) is 0 Å². The van der Waals surface area contributed by atoms with Crippen LogP contribution in [0.5, 0.6) is 17.2 Å². The monoisotopic (exact) mass is 224 g/mol. The van der Waals surface area contributed by atoms with Crippen molar-refractivity contribution in [1.82, 2.24) is 0 Å². The van der Waals surface area contributed by atoms with Gasteiger partial charge in [0.15, 0.2) is 11.5 Å². The summed E-state index contributed by atoms with van der Waals surface area (Å²) >= 11 is 0. The van der Waals surface area contributed by atoms with Crippen molar-refractivity contribution in [2.75, 3.05) is 6.61 Å². The predicted molar refractivity (Wildman–Crippen MR) is 59.8 cm³/mol. The molecular weight excluding hydrogens is 208 g/mol. The lowest BCUT2D eigenvalue weighted by Gasteiger charge is -2.11. The van der Waals surface area contributed by atoms with Gasteiger partial charge in [-0.15, -0.1) is 0 Å². The molecule has 0 amide bonds. The normalized spacial score (nSPS) is 9.88. The van der Waals surface area contributed by atoms with Crippen molar-refractivity contribution in [2.45, 2.75) is 26.7 Å². The zero-order chi connectivity index (χ0) is 12.0. The fraction of sp³-hybridized carbons (Fsp3) is 0.417. The Labute approximate surface area is 94.8 Å². The minimum atomic E-state index is -0.370. The zero-order valence-corrected chi connectivity index (χ0v) is 9.53. The molecule has 0 spiro atoms. The van der Waals surface area contributed by atoms with Crippen molar-refractivity contribution in [3.8, 4) is 17.2 Å². The van der Waals surface area contributed by atoms with E-state index in [0.29, 0.717) is 25.2 Å². The van der Waals surface area contributed by atoms with Gasteiger partial charge in [-0.05, 0) is 25.5 Å². The third kappa shape index (κ3) is 3.15. The van der Waals surface area contributed by atoms with E-state index in [4.69, 9.17) is 9.47 Å². The molecule has 1 aromatic carbocycles. The molecule has 1 rings (SSSR count). The Balaban J connectivity index is 2.87. The average molecular weight is 224 g/mol. The Kier molecular flexibility index (Phi) is 4.64. The molecule has 16 heavy (non-hydrogen) atoms. The van der Waals surface area contributed by atoms with Crippen LogP contribution in [0.25, 0.3) is 0 Å². The molecule has 0 aliphatic carbocycles. The molecule has 0 atom stereocenters. The van der Waals surface area contributed by atoms with Crippen LogP contribution in [-0.2, 0) is 4.79 Å². The molecule has 0 bridgehead atoms. The summed E-state index contributed by atoms with van der Waals surface area (Å²) in [5, 5.41) is 9.58. The van der Waals surface area contributed by atoms with Crippen molar-refractivity contribution < 1.29 is 19.4 Å². The van der Waals surface area contributed by atoms with Crippen LogP contribution < -0.4 is 9.47 Å². The summed E-state index contributed by atoms with van der Waals surface area (Å²) < 4.78 is 10.3. The number of benzene rings is 1. The van der Waals surface area contributed by atoms with Gasteiger partial charge in [-0.2, -0.15) is 0 Å². The third-order valence-electron chi connectivity index (χ3n) is 1.93. The van der Waals surface area contributed by atoms with Gasteiger partial charge in [-0.3, -0.25) is 4.79 Å². The molecule has 0 aliphatic heterocycles. The first-order valence-electron chi connectivity index (χ1n) is 5.34. The molecule has 0 saturated carbocycles. The van der Waals surface area contributed by atoms with Crippen LogP contribution in [0, 0.1) is 0 Å². The fourth-order valence-electron chi connectivity index (χ4n) is 1.24. The predicted octanol–water partition coefficient (Wildman–Crippen LogP) is 2.50. The first kappa shape index (κ1) is 12.4. The maximum Gasteiger partial charge on any atom is 0.311 e. The van der Waals surface area contributed by atoms with E-state index in [1.165, 1.54) is 6.07 Å². The minimum Gasteiger partial charge on any atom is -0.504 e. The fourth-order valence-corrected chi connectivity index (χ4v) is 1.24. The quantitative estimate of drug-likeness (QED) is 0.616.